The topological polar surface area (TPSA) is 30.0 Å². The zero-order valence-corrected chi connectivity index (χ0v) is 10.9. The molecule has 1 aromatic heterocycles. The molecular weight excluding hydrogens is 394 g/mol. The highest BCUT2D eigenvalue weighted by Gasteiger charge is 2.21. The van der Waals surface area contributed by atoms with Crippen LogP contribution in [0.5, 0.6) is 0 Å². The summed E-state index contributed by atoms with van der Waals surface area (Å²) in [6, 6.07) is 0. The molecule has 0 unspecified atom stereocenters. The average molecular weight is 396 g/mol. The lowest BCUT2D eigenvalue weighted by molar-refractivity contribution is 0.107. The van der Waals surface area contributed by atoms with Gasteiger partial charge in [0.2, 0.25) is 0 Å². The van der Waals surface area contributed by atoms with Gasteiger partial charge in [-0.2, -0.15) is 0 Å². The van der Waals surface area contributed by atoms with Gasteiger partial charge < -0.3 is 0 Å². The molecule has 0 amide bonds. The predicted molar refractivity (Wildman–Crippen MR) is 59.8 cm³/mol. The number of halogens is 5. The lowest BCUT2D eigenvalue weighted by Crippen LogP contribution is -2.01. The third kappa shape index (κ3) is 2.40. The van der Waals surface area contributed by atoms with Crippen molar-refractivity contribution in [2.24, 2.45) is 0 Å². The Hall–Kier alpha value is 0.180. The summed E-state index contributed by atoms with van der Waals surface area (Å²) in [4.78, 5) is 14.5. The van der Waals surface area contributed by atoms with E-state index in [1.54, 1.807) is 22.6 Å². The normalized spacial score (nSPS) is 10.7. The zero-order chi connectivity index (χ0) is 10.9. The molecular formula is C7H2BrClF2INO. The maximum absolute atomic E-state index is 12.5. The van der Waals surface area contributed by atoms with Crippen LogP contribution in [0.3, 0.4) is 0 Å². The second-order valence-corrected chi connectivity index (χ2v) is 4.42. The Morgan fingerprint density at radius 3 is 2.64 bits per heavy atom. The van der Waals surface area contributed by atoms with Crippen LogP contribution in [0, 0.1) is 3.70 Å². The monoisotopic (exact) mass is 395 g/mol. The van der Waals surface area contributed by atoms with E-state index in [4.69, 9.17) is 11.6 Å². The van der Waals surface area contributed by atoms with Crippen molar-refractivity contribution in [3.05, 3.63) is 25.5 Å². The molecule has 14 heavy (non-hydrogen) atoms. The Morgan fingerprint density at radius 1 is 1.64 bits per heavy atom. The molecule has 0 atom stereocenters. The average Bonchev–Trinajstić information content (AvgIpc) is 2.02. The summed E-state index contributed by atoms with van der Waals surface area (Å²) in [6.07, 6.45) is -1.53. The molecule has 1 heterocycles. The fraction of sp³-hybridized carbons (Fsp3) is 0.143. The summed E-state index contributed by atoms with van der Waals surface area (Å²) in [6.45, 7) is 0. The number of rotatable bonds is 2. The van der Waals surface area contributed by atoms with Gasteiger partial charge in [0.1, 0.15) is 3.70 Å². The number of aromatic nitrogens is 1. The van der Waals surface area contributed by atoms with E-state index in [1.807, 2.05) is 0 Å². The first-order valence-corrected chi connectivity index (χ1v) is 5.52. The summed E-state index contributed by atoms with van der Waals surface area (Å²) < 4.78 is 25.2. The van der Waals surface area contributed by atoms with Gasteiger partial charge in [-0.3, -0.25) is 4.79 Å². The standard InChI is InChI=1S/C7H2BrClF2INO/c8-4-2(5(9)14)1-13-7(12)3(4)6(10)11/h1,6H. The van der Waals surface area contributed by atoms with E-state index < -0.39 is 11.7 Å². The fourth-order valence-electron chi connectivity index (χ4n) is 0.806. The van der Waals surface area contributed by atoms with Crippen molar-refractivity contribution in [3.8, 4) is 0 Å². The molecule has 0 radical (unpaired) electrons. The van der Waals surface area contributed by atoms with Crippen LogP contribution < -0.4 is 0 Å². The minimum atomic E-state index is -2.69. The molecule has 0 aliphatic carbocycles. The number of carbonyl (C=O) groups excluding carboxylic acids is 1. The summed E-state index contributed by atoms with van der Waals surface area (Å²) >= 11 is 9.75. The number of hydrogen-bond donors (Lipinski definition) is 0. The van der Waals surface area contributed by atoms with Crippen LogP contribution in [0.15, 0.2) is 10.7 Å². The third-order valence-electron chi connectivity index (χ3n) is 1.43. The van der Waals surface area contributed by atoms with Gasteiger partial charge in [-0.25, -0.2) is 13.8 Å². The molecule has 76 valence electrons. The number of nitrogens with zero attached hydrogens (tertiary/aromatic N) is 1. The SMILES string of the molecule is O=C(Cl)c1cnc(I)c(C(F)F)c1Br. The van der Waals surface area contributed by atoms with Crippen molar-refractivity contribution in [1.29, 1.82) is 0 Å². The molecule has 1 aromatic rings. The first-order valence-electron chi connectivity index (χ1n) is 3.27. The van der Waals surface area contributed by atoms with Gasteiger partial charge in [-0.1, -0.05) is 0 Å². The highest BCUT2D eigenvalue weighted by molar-refractivity contribution is 14.1. The van der Waals surface area contributed by atoms with Gasteiger partial charge in [-0.15, -0.1) is 0 Å². The van der Waals surface area contributed by atoms with Crippen molar-refractivity contribution in [1.82, 2.24) is 4.98 Å². The van der Waals surface area contributed by atoms with Crippen LogP contribution in [0.1, 0.15) is 22.3 Å². The number of hydrogen-bond acceptors (Lipinski definition) is 2. The van der Waals surface area contributed by atoms with E-state index in [0.29, 0.717) is 0 Å². The Bertz CT molecular complexity index is 388. The Balaban J connectivity index is 3.41. The largest absolute Gasteiger partial charge is 0.276 e. The van der Waals surface area contributed by atoms with Crippen LogP contribution >= 0.6 is 50.1 Å². The van der Waals surface area contributed by atoms with E-state index in [9.17, 15) is 13.6 Å². The zero-order valence-electron chi connectivity index (χ0n) is 6.40. The minimum absolute atomic E-state index is 0.00639. The highest BCUT2D eigenvalue weighted by atomic mass is 127. The number of alkyl halides is 2. The molecule has 0 aromatic carbocycles. The quantitative estimate of drug-likeness (QED) is 0.433. The molecule has 0 spiro atoms. The van der Waals surface area contributed by atoms with Crippen LogP contribution in [-0.2, 0) is 0 Å². The van der Waals surface area contributed by atoms with Gasteiger partial charge in [-0.05, 0) is 50.1 Å². The van der Waals surface area contributed by atoms with Crippen molar-refractivity contribution < 1.29 is 13.6 Å². The van der Waals surface area contributed by atoms with Crippen LogP contribution in [0.2, 0.25) is 0 Å². The molecule has 0 bridgehead atoms. The molecule has 0 saturated heterocycles. The molecule has 2 nitrogen and oxygen atoms in total. The van der Waals surface area contributed by atoms with E-state index in [0.717, 1.165) is 6.20 Å². The highest BCUT2D eigenvalue weighted by Crippen LogP contribution is 2.33. The Labute approximate surface area is 105 Å². The molecule has 1 rings (SSSR count). The fourth-order valence-corrected chi connectivity index (χ4v) is 2.72. The third-order valence-corrected chi connectivity index (χ3v) is 3.35. The molecule has 0 aliphatic rings. The number of pyridine rings is 1. The van der Waals surface area contributed by atoms with Crippen LogP contribution in [-0.4, -0.2) is 10.2 Å². The van der Waals surface area contributed by atoms with E-state index >= 15 is 0 Å². The molecule has 7 heteroatoms. The Morgan fingerprint density at radius 2 is 2.21 bits per heavy atom. The lowest BCUT2D eigenvalue weighted by atomic mass is 10.2. The molecule has 0 fully saturated rings. The van der Waals surface area contributed by atoms with Crippen molar-refractivity contribution >= 4 is 55.4 Å². The smallest absolute Gasteiger partial charge is 0.267 e. The summed E-state index contributed by atoms with van der Waals surface area (Å²) in [5, 5.41) is -0.817. The van der Waals surface area contributed by atoms with Gasteiger partial charge >= 0.3 is 0 Å². The van der Waals surface area contributed by atoms with Gasteiger partial charge in [0, 0.05) is 10.7 Å². The van der Waals surface area contributed by atoms with Crippen molar-refractivity contribution in [2.45, 2.75) is 6.43 Å². The van der Waals surface area contributed by atoms with Gasteiger partial charge in [0.25, 0.3) is 11.7 Å². The number of carbonyl (C=O) groups is 1. The first-order chi connectivity index (χ1) is 6.45. The lowest BCUT2D eigenvalue weighted by Gasteiger charge is -2.07. The second-order valence-electron chi connectivity index (χ2n) is 2.26. The molecule has 0 saturated carbocycles. The molecule has 0 aliphatic heterocycles. The van der Waals surface area contributed by atoms with Gasteiger partial charge in [0.05, 0.1) is 11.1 Å². The van der Waals surface area contributed by atoms with E-state index in [-0.39, 0.29) is 19.3 Å². The molecule has 0 N–H and O–H groups in total. The summed E-state index contributed by atoms with van der Waals surface area (Å²) in [5.41, 5.74) is -0.362. The van der Waals surface area contributed by atoms with Crippen LogP contribution in [0.4, 0.5) is 8.78 Å². The Kier molecular flexibility index (Phi) is 4.20. The predicted octanol–water partition coefficient (Wildman–Crippen LogP) is 3.77. The summed E-state index contributed by atoms with van der Waals surface area (Å²) in [5.74, 6) is 0. The van der Waals surface area contributed by atoms with Crippen molar-refractivity contribution in [3.63, 3.8) is 0 Å². The minimum Gasteiger partial charge on any atom is -0.276 e. The van der Waals surface area contributed by atoms with E-state index in [2.05, 4.69) is 20.9 Å². The van der Waals surface area contributed by atoms with E-state index in [1.165, 1.54) is 0 Å². The second kappa shape index (κ2) is 4.80. The van der Waals surface area contributed by atoms with Crippen molar-refractivity contribution in [2.75, 3.05) is 0 Å². The van der Waals surface area contributed by atoms with Gasteiger partial charge in [0.15, 0.2) is 0 Å². The maximum atomic E-state index is 12.5. The summed E-state index contributed by atoms with van der Waals surface area (Å²) in [7, 11) is 0. The maximum Gasteiger partial charge on any atom is 0.267 e. The first kappa shape index (κ1) is 12.3. The van der Waals surface area contributed by atoms with Crippen LogP contribution in [0.25, 0.3) is 0 Å².